The zero-order chi connectivity index (χ0) is 19.5. The normalized spacial score (nSPS) is 15.3. The predicted molar refractivity (Wildman–Crippen MR) is 112 cm³/mol. The van der Waals surface area contributed by atoms with Gasteiger partial charge in [-0.15, -0.1) is 0 Å². The molecule has 0 unspecified atom stereocenters. The average molecular weight is 377 g/mol. The van der Waals surface area contributed by atoms with Gasteiger partial charge in [0.1, 0.15) is 0 Å². The first-order valence-electron chi connectivity index (χ1n) is 10.1. The third kappa shape index (κ3) is 4.09. The fraction of sp³-hybridized carbons (Fsp3) is 0.391. The fourth-order valence-corrected chi connectivity index (χ4v) is 3.89. The molecular weight excluding hydrogens is 348 g/mol. The van der Waals surface area contributed by atoms with E-state index in [1.165, 1.54) is 22.1 Å². The lowest BCUT2D eigenvalue weighted by molar-refractivity contribution is -0.133. The molecule has 0 saturated carbocycles. The van der Waals surface area contributed by atoms with Crippen LogP contribution in [-0.4, -0.2) is 51.7 Å². The van der Waals surface area contributed by atoms with Crippen molar-refractivity contribution in [2.24, 2.45) is 0 Å². The molecule has 1 amide bonds. The van der Waals surface area contributed by atoms with Crippen molar-refractivity contribution in [2.45, 2.75) is 33.4 Å². The predicted octanol–water partition coefficient (Wildman–Crippen LogP) is 3.39. The summed E-state index contributed by atoms with van der Waals surface area (Å²) in [6.45, 7) is 9.29. The number of aromatic nitrogens is 2. The summed E-state index contributed by atoms with van der Waals surface area (Å²) in [7, 11) is 0. The van der Waals surface area contributed by atoms with Crippen LogP contribution in [0.1, 0.15) is 23.1 Å². The quantitative estimate of drug-likeness (QED) is 0.685. The molecule has 0 spiro atoms. The Balaban J connectivity index is 1.28. The minimum atomic E-state index is 0.228. The highest BCUT2D eigenvalue weighted by molar-refractivity contribution is 5.82. The van der Waals surface area contributed by atoms with Crippen molar-refractivity contribution in [1.29, 1.82) is 0 Å². The highest BCUT2D eigenvalue weighted by Gasteiger charge is 2.21. The van der Waals surface area contributed by atoms with Gasteiger partial charge in [0.15, 0.2) is 0 Å². The Bertz CT molecular complexity index is 952. The van der Waals surface area contributed by atoms with Gasteiger partial charge >= 0.3 is 0 Å². The molecule has 0 atom stereocenters. The van der Waals surface area contributed by atoms with Crippen LogP contribution in [-0.2, 0) is 17.9 Å². The molecule has 1 aromatic heterocycles. The topological polar surface area (TPSA) is 41.4 Å². The van der Waals surface area contributed by atoms with Crippen LogP contribution in [0.5, 0.6) is 0 Å². The molecule has 2 heterocycles. The first-order chi connectivity index (χ1) is 13.6. The third-order valence-corrected chi connectivity index (χ3v) is 5.69. The minimum absolute atomic E-state index is 0.228. The second-order valence-corrected chi connectivity index (χ2v) is 7.77. The standard InChI is InChI=1S/C23H28N4O/c1-18-6-8-20(9-7-18)17-25-12-14-26(15-13-25)23(28)10-11-27-22-5-3-4-19(2)21(22)16-24-27/h3-9,16H,10-15,17H2,1-2H3. The molecule has 1 aliphatic heterocycles. The molecule has 0 radical (unpaired) electrons. The number of carbonyl (C=O) groups is 1. The van der Waals surface area contributed by atoms with Gasteiger partial charge in [0.2, 0.25) is 5.91 Å². The van der Waals surface area contributed by atoms with Crippen molar-refractivity contribution in [3.63, 3.8) is 0 Å². The van der Waals surface area contributed by atoms with Gasteiger partial charge in [-0.25, -0.2) is 0 Å². The summed E-state index contributed by atoms with van der Waals surface area (Å²) in [5, 5.41) is 5.64. The van der Waals surface area contributed by atoms with E-state index < -0.39 is 0 Å². The summed E-state index contributed by atoms with van der Waals surface area (Å²) < 4.78 is 1.95. The second kappa shape index (κ2) is 8.15. The van der Waals surface area contributed by atoms with Crippen molar-refractivity contribution in [1.82, 2.24) is 19.6 Å². The number of aryl methyl sites for hydroxylation is 3. The van der Waals surface area contributed by atoms with E-state index in [1.807, 2.05) is 21.8 Å². The average Bonchev–Trinajstić information content (AvgIpc) is 3.13. The Hall–Kier alpha value is -2.66. The summed E-state index contributed by atoms with van der Waals surface area (Å²) in [5.41, 5.74) is 4.96. The van der Waals surface area contributed by atoms with Gasteiger partial charge < -0.3 is 4.90 Å². The number of carbonyl (C=O) groups excluding carboxylic acids is 1. The number of piperazine rings is 1. The Morgan fingerprint density at radius 2 is 1.75 bits per heavy atom. The van der Waals surface area contributed by atoms with Crippen LogP contribution in [0.4, 0.5) is 0 Å². The summed E-state index contributed by atoms with van der Waals surface area (Å²) in [4.78, 5) is 17.1. The number of amides is 1. The molecule has 0 N–H and O–H groups in total. The van der Waals surface area contributed by atoms with Crippen molar-refractivity contribution in [2.75, 3.05) is 26.2 Å². The number of rotatable bonds is 5. The van der Waals surface area contributed by atoms with Crippen LogP contribution < -0.4 is 0 Å². The molecule has 1 saturated heterocycles. The van der Waals surface area contributed by atoms with E-state index in [4.69, 9.17) is 0 Å². The number of fused-ring (bicyclic) bond motifs is 1. The smallest absolute Gasteiger partial charge is 0.224 e. The van der Waals surface area contributed by atoms with E-state index in [0.717, 1.165) is 38.2 Å². The van der Waals surface area contributed by atoms with E-state index in [9.17, 15) is 4.79 Å². The van der Waals surface area contributed by atoms with Gasteiger partial charge in [-0.1, -0.05) is 42.0 Å². The molecule has 1 aliphatic rings. The first-order valence-corrected chi connectivity index (χ1v) is 10.1. The van der Waals surface area contributed by atoms with Crippen LogP contribution >= 0.6 is 0 Å². The van der Waals surface area contributed by atoms with Crippen LogP contribution in [0.25, 0.3) is 10.9 Å². The molecule has 28 heavy (non-hydrogen) atoms. The highest BCUT2D eigenvalue weighted by Crippen LogP contribution is 2.18. The Kier molecular flexibility index (Phi) is 5.44. The first kappa shape index (κ1) is 18.7. The van der Waals surface area contributed by atoms with E-state index >= 15 is 0 Å². The Morgan fingerprint density at radius 1 is 1.00 bits per heavy atom. The summed E-state index contributed by atoms with van der Waals surface area (Å²) in [6, 6.07) is 14.9. The Morgan fingerprint density at radius 3 is 2.50 bits per heavy atom. The Labute approximate surface area is 166 Å². The zero-order valence-corrected chi connectivity index (χ0v) is 16.8. The highest BCUT2D eigenvalue weighted by atomic mass is 16.2. The van der Waals surface area contributed by atoms with Gasteiger partial charge in [-0.05, 0) is 31.0 Å². The maximum atomic E-state index is 12.7. The fourth-order valence-electron chi connectivity index (χ4n) is 3.89. The van der Waals surface area contributed by atoms with E-state index in [2.05, 4.69) is 60.2 Å². The molecule has 4 rings (SSSR count). The summed E-state index contributed by atoms with van der Waals surface area (Å²) in [6.07, 6.45) is 2.40. The molecule has 3 aromatic rings. The maximum Gasteiger partial charge on any atom is 0.224 e. The van der Waals surface area contributed by atoms with Crippen molar-refractivity contribution < 1.29 is 4.79 Å². The molecule has 5 heteroatoms. The number of nitrogens with zero attached hydrogens (tertiary/aromatic N) is 4. The number of hydrogen-bond acceptors (Lipinski definition) is 3. The largest absolute Gasteiger partial charge is 0.340 e. The lowest BCUT2D eigenvalue weighted by atomic mass is 10.1. The van der Waals surface area contributed by atoms with E-state index in [0.29, 0.717) is 13.0 Å². The maximum absolute atomic E-state index is 12.7. The zero-order valence-electron chi connectivity index (χ0n) is 16.8. The van der Waals surface area contributed by atoms with E-state index in [-0.39, 0.29) is 5.91 Å². The summed E-state index contributed by atoms with van der Waals surface area (Å²) >= 11 is 0. The second-order valence-electron chi connectivity index (χ2n) is 7.77. The van der Waals surface area contributed by atoms with Gasteiger partial charge in [0.05, 0.1) is 18.3 Å². The minimum Gasteiger partial charge on any atom is -0.340 e. The van der Waals surface area contributed by atoms with Crippen molar-refractivity contribution >= 4 is 16.8 Å². The molecule has 1 fully saturated rings. The van der Waals surface area contributed by atoms with Crippen LogP contribution in [0.15, 0.2) is 48.7 Å². The van der Waals surface area contributed by atoms with E-state index in [1.54, 1.807) is 0 Å². The van der Waals surface area contributed by atoms with Gasteiger partial charge in [-0.3, -0.25) is 14.4 Å². The molecule has 0 aliphatic carbocycles. The van der Waals surface area contributed by atoms with Crippen LogP contribution in [0.3, 0.4) is 0 Å². The monoisotopic (exact) mass is 376 g/mol. The molecule has 0 bridgehead atoms. The molecule has 146 valence electrons. The lowest BCUT2D eigenvalue weighted by Gasteiger charge is -2.34. The van der Waals surface area contributed by atoms with Gasteiger partial charge in [0.25, 0.3) is 0 Å². The lowest BCUT2D eigenvalue weighted by Crippen LogP contribution is -2.48. The van der Waals surface area contributed by atoms with Gasteiger partial charge in [-0.2, -0.15) is 5.10 Å². The molecular formula is C23H28N4O. The number of hydrogen-bond donors (Lipinski definition) is 0. The van der Waals surface area contributed by atoms with Crippen LogP contribution in [0.2, 0.25) is 0 Å². The third-order valence-electron chi connectivity index (χ3n) is 5.69. The molecule has 2 aromatic carbocycles. The van der Waals surface area contributed by atoms with Crippen molar-refractivity contribution in [3.05, 3.63) is 65.4 Å². The number of benzene rings is 2. The van der Waals surface area contributed by atoms with Gasteiger partial charge in [0, 0.05) is 44.5 Å². The van der Waals surface area contributed by atoms with Crippen molar-refractivity contribution in [3.8, 4) is 0 Å². The molecule has 5 nitrogen and oxygen atoms in total. The summed E-state index contributed by atoms with van der Waals surface area (Å²) in [5.74, 6) is 0.228. The van der Waals surface area contributed by atoms with Crippen LogP contribution in [0, 0.1) is 13.8 Å². The SMILES string of the molecule is Cc1ccc(CN2CCN(C(=O)CCn3ncc4c(C)cccc43)CC2)cc1.